The molecule has 0 heterocycles. The van der Waals surface area contributed by atoms with Crippen LogP contribution in [-0.2, 0) is 19.1 Å². The average Bonchev–Trinajstić information content (AvgIpc) is 2.42. The minimum Gasteiger partial charge on any atom is -0.452 e. The number of esters is 1. The maximum Gasteiger partial charge on any atom is 0.331 e. The summed E-state index contributed by atoms with van der Waals surface area (Å²) >= 11 is 3.33. The third kappa shape index (κ3) is 6.14. The summed E-state index contributed by atoms with van der Waals surface area (Å²) in [5.41, 5.74) is 5.65. The number of ether oxygens (including phenoxy) is 1. The Hall–Kier alpha value is -2.15. The van der Waals surface area contributed by atoms with Crippen LogP contribution in [0.2, 0.25) is 0 Å². The van der Waals surface area contributed by atoms with Crippen LogP contribution in [0, 0.1) is 0 Å². The van der Waals surface area contributed by atoms with Crippen molar-refractivity contribution in [1.82, 2.24) is 5.32 Å². The van der Waals surface area contributed by atoms with Gasteiger partial charge in [0.25, 0.3) is 5.91 Å². The molecule has 0 atom stereocenters. The van der Waals surface area contributed by atoms with Crippen molar-refractivity contribution >= 4 is 39.8 Å². The molecule has 1 rings (SSSR count). The highest BCUT2D eigenvalue weighted by molar-refractivity contribution is 9.10. The van der Waals surface area contributed by atoms with E-state index in [0.29, 0.717) is 0 Å². The van der Waals surface area contributed by atoms with Crippen molar-refractivity contribution in [2.45, 2.75) is 0 Å². The van der Waals surface area contributed by atoms with Gasteiger partial charge in [0.05, 0.1) is 6.54 Å². The quantitative estimate of drug-likeness (QED) is 0.585. The van der Waals surface area contributed by atoms with Gasteiger partial charge >= 0.3 is 5.97 Å². The number of benzene rings is 1. The maximum atomic E-state index is 11.4. The molecule has 0 saturated heterocycles. The van der Waals surface area contributed by atoms with Gasteiger partial charge < -0.3 is 15.8 Å². The number of primary amides is 1. The second-order valence-corrected chi connectivity index (χ2v) is 4.56. The Morgan fingerprint density at radius 3 is 2.65 bits per heavy atom. The Kier molecular flexibility index (Phi) is 6.45. The molecule has 0 aliphatic carbocycles. The first-order valence-electron chi connectivity index (χ1n) is 5.63. The summed E-state index contributed by atoms with van der Waals surface area (Å²) in [6.45, 7) is -0.754. The standard InChI is InChI=1S/C13H13BrN2O4/c14-10-4-2-1-3-9(10)5-6-13(19)20-8-12(18)16-7-11(15)17/h1-6H,7-8H2,(H2,15,17)(H,16,18)/b6-5+. The van der Waals surface area contributed by atoms with Gasteiger partial charge in [-0.15, -0.1) is 0 Å². The summed E-state index contributed by atoms with van der Waals surface area (Å²) in [6, 6.07) is 7.32. The second-order valence-electron chi connectivity index (χ2n) is 3.71. The summed E-state index contributed by atoms with van der Waals surface area (Å²) in [7, 11) is 0. The monoisotopic (exact) mass is 340 g/mol. The molecule has 1 aromatic rings. The van der Waals surface area contributed by atoms with Crippen molar-refractivity contribution in [2.75, 3.05) is 13.2 Å². The smallest absolute Gasteiger partial charge is 0.331 e. The number of hydrogen-bond donors (Lipinski definition) is 2. The van der Waals surface area contributed by atoms with Gasteiger partial charge in [0.2, 0.25) is 5.91 Å². The molecule has 1 aromatic carbocycles. The van der Waals surface area contributed by atoms with Gasteiger partial charge in [-0.05, 0) is 17.7 Å². The van der Waals surface area contributed by atoms with E-state index in [1.54, 1.807) is 6.08 Å². The van der Waals surface area contributed by atoms with Crippen LogP contribution in [0.5, 0.6) is 0 Å². The highest BCUT2D eigenvalue weighted by atomic mass is 79.9. The molecule has 0 spiro atoms. The lowest BCUT2D eigenvalue weighted by Crippen LogP contribution is -2.35. The van der Waals surface area contributed by atoms with Crippen LogP contribution < -0.4 is 11.1 Å². The predicted octanol–water partition coefficient (Wildman–Crippen LogP) is 0.607. The summed E-state index contributed by atoms with van der Waals surface area (Å²) in [4.78, 5) is 32.9. The van der Waals surface area contributed by atoms with Crippen molar-refractivity contribution in [3.63, 3.8) is 0 Å². The number of nitrogens with one attached hydrogen (secondary N) is 1. The molecule has 0 aliphatic rings. The zero-order chi connectivity index (χ0) is 15.0. The van der Waals surface area contributed by atoms with Crippen LogP contribution in [0.15, 0.2) is 34.8 Å². The number of hydrogen-bond acceptors (Lipinski definition) is 4. The molecule has 2 amide bonds. The summed E-state index contributed by atoms with van der Waals surface area (Å²) < 4.78 is 5.53. The Morgan fingerprint density at radius 1 is 1.30 bits per heavy atom. The van der Waals surface area contributed by atoms with E-state index in [1.165, 1.54) is 6.08 Å². The van der Waals surface area contributed by atoms with Crippen LogP contribution >= 0.6 is 15.9 Å². The van der Waals surface area contributed by atoms with Crippen molar-refractivity contribution < 1.29 is 19.1 Å². The molecule has 0 aromatic heterocycles. The van der Waals surface area contributed by atoms with E-state index >= 15 is 0 Å². The second kappa shape index (κ2) is 8.11. The zero-order valence-electron chi connectivity index (χ0n) is 10.5. The van der Waals surface area contributed by atoms with Gasteiger partial charge in [0, 0.05) is 10.5 Å². The first-order valence-corrected chi connectivity index (χ1v) is 6.42. The van der Waals surface area contributed by atoms with Crippen molar-refractivity contribution in [2.24, 2.45) is 5.73 Å². The van der Waals surface area contributed by atoms with Crippen LogP contribution in [0.1, 0.15) is 5.56 Å². The SMILES string of the molecule is NC(=O)CNC(=O)COC(=O)/C=C/c1ccccc1Br. The molecule has 0 aliphatic heterocycles. The van der Waals surface area contributed by atoms with E-state index < -0.39 is 24.4 Å². The molecule has 6 nitrogen and oxygen atoms in total. The largest absolute Gasteiger partial charge is 0.452 e. The first kappa shape index (κ1) is 15.9. The molecular weight excluding hydrogens is 328 g/mol. The predicted molar refractivity (Wildman–Crippen MR) is 76.3 cm³/mol. The molecule has 20 heavy (non-hydrogen) atoms. The Bertz CT molecular complexity index is 543. The molecule has 0 fully saturated rings. The van der Waals surface area contributed by atoms with Crippen LogP contribution in [0.25, 0.3) is 6.08 Å². The van der Waals surface area contributed by atoms with E-state index in [0.717, 1.165) is 10.0 Å². The third-order valence-corrected chi connectivity index (χ3v) is 2.83. The topological polar surface area (TPSA) is 98.5 Å². The van der Waals surface area contributed by atoms with E-state index in [9.17, 15) is 14.4 Å². The Balaban J connectivity index is 2.39. The minimum atomic E-state index is -0.668. The molecule has 7 heteroatoms. The maximum absolute atomic E-state index is 11.4. The fourth-order valence-electron chi connectivity index (χ4n) is 1.19. The molecule has 0 radical (unpaired) electrons. The molecule has 0 unspecified atom stereocenters. The number of nitrogens with two attached hydrogens (primary N) is 1. The average molecular weight is 341 g/mol. The molecule has 0 saturated carbocycles. The Labute approximate surface area is 124 Å². The summed E-state index contributed by atoms with van der Waals surface area (Å²) in [5.74, 6) is -1.92. The zero-order valence-corrected chi connectivity index (χ0v) is 12.1. The summed E-state index contributed by atoms with van der Waals surface area (Å²) in [5, 5.41) is 2.20. The summed E-state index contributed by atoms with van der Waals surface area (Å²) in [6.07, 6.45) is 2.77. The van der Waals surface area contributed by atoms with E-state index in [1.807, 2.05) is 24.3 Å². The minimum absolute atomic E-state index is 0.289. The highest BCUT2D eigenvalue weighted by Gasteiger charge is 2.05. The molecule has 106 valence electrons. The fraction of sp³-hybridized carbons (Fsp3) is 0.154. The lowest BCUT2D eigenvalue weighted by atomic mass is 10.2. The van der Waals surface area contributed by atoms with Gasteiger partial charge in [0.1, 0.15) is 0 Å². The van der Waals surface area contributed by atoms with Gasteiger partial charge in [0.15, 0.2) is 6.61 Å². The number of rotatable bonds is 6. The normalized spacial score (nSPS) is 10.2. The third-order valence-electron chi connectivity index (χ3n) is 2.11. The molecule has 0 bridgehead atoms. The Morgan fingerprint density at radius 2 is 2.00 bits per heavy atom. The molecular formula is C13H13BrN2O4. The number of amides is 2. The van der Waals surface area contributed by atoms with Gasteiger partial charge in [-0.2, -0.15) is 0 Å². The lowest BCUT2D eigenvalue weighted by Gasteiger charge is -2.03. The van der Waals surface area contributed by atoms with Crippen LogP contribution in [0.4, 0.5) is 0 Å². The number of halogens is 1. The van der Waals surface area contributed by atoms with Crippen LogP contribution in [0.3, 0.4) is 0 Å². The number of carbonyl (C=O) groups is 3. The lowest BCUT2D eigenvalue weighted by molar-refractivity contribution is -0.143. The highest BCUT2D eigenvalue weighted by Crippen LogP contribution is 2.16. The number of carbonyl (C=O) groups excluding carboxylic acids is 3. The first-order chi connectivity index (χ1) is 9.49. The van der Waals surface area contributed by atoms with E-state index in [4.69, 9.17) is 10.5 Å². The van der Waals surface area contributed by atoms with Gasteiger partial charge in [-0.1, -0.05) is 34.1 Å². The van der Waals surface area contributed by atoms with Crippen molar-refractivity contribution in [3.05, 3.63) is 40.4 Å². The van der Waals surface area contributed by atoms with E-state index in [2.05, 4.69) is 21.2 Å². The van der Waals surface area contributed by atoms with E-state index in [-0.39, 0.29) is 6.54 Å². The van der Waals surface area contributed by atoms with Crippen molar-refractivity contribution in [3.8, 4) is 0 Å². The van der Waals surface area contributed by atoms with Crippen molar-refractivity contribution in [1.29, 1.82) is 0 Å². The fourth-order valence-corrected chi connectivity index (χ4v) is 1.61. The van der Waals surface area contributed by atoms with Crippen LogP contribution in [-0.4, -0.2) is 30.9 Å². The molecule has 3 N–H and O–H groups in total. The van der Waals surface area contributed by atoms with Gasteiger partial charge in [-0.3, -0.25) is 9.59 Å². The van der Waals surface area contributed by atoms with Gasteiger partial charge in [-0.25, -0.2) is 4.79 Å².